The van der Waals surface area contributed by atoms with E-state index in [4.69, 9.17) is 0 Å². The molecular formula is C24H30F2SiZr-4. The van der Waals surface area contributed by atoms with Crippen LogP contribution in [0.25, 0.3) is 21.5 Å². The molecule has 0 atom stereocenters. The Bertz CT molecular complexity index is 876. The molecule has 4 aromatic rings. The van der Waals surface area contributed by atoms with Gasteiger partial charge in [0, 0.05) is 0 Å². The van der Waals surface area contributed by atoms with Crippen LogP contribution >= 0.6 is 0 Å². The third kappa shape index (κ3) is 7.56. The molecule has 0 aliphatic rings. The minimum atomic E-state index is 0. The fourth-order valence-electron chi connectivity index (χ4n) is 3.08. The molecule has 0 saturated heterocycles. The minimum absolute atomic E-state index is 0. The van der Waals surface area contributed by atoms with E-state index in [0.29, 0.717) is 0 Å². The standard InChI is InChI=1S/2C11H11.2CH3.2FH.Si.Zr/c2*1-8-6-10-5-3-4-9(2)11(10)7-8;;;;;;/h2*3-7H,1-2H3;2*1H3;2*1H;;/q4*-1;;;;. The molecule has 0 bridgehead atoms. The molecule has 0 aliphatic heterocycles. The molecule has 28 heavy (non-hydrogen) atoms. The molecule has 0 nitrogen and oxygen atoms in total. The summed E-state index contributed by atoms with van der Waals surface area (Å²) in [5, 5.41) is 5.51. The predicted octanol–water partition coefficient (Wildman–Crippen LogP) is 7.17. The molecule has 0 unspecified atom stereocenters. The Balaban J connectivity index is -0.000000363. The molecule has 0 heterocycles. The molecule has 0 aromatic heterocycles. The summed E-state index contributed by atoms with van der Waals surface area (Å²) in [6.07, 6.45) is 0. The van der Waals surface area contributed by atoms with Crippen LogP contribution in [0.3, 0.4) is 0 Å². The average molecular weight is 476 g/mol. The summed E-state index contributed by atoms with van der Waals surface area (Å²) in [5.41, 5.74) is 5.45. The van der Waals surface area contributed by atoms with Gasteiger partial charge in [0.1, 0.15) is 0 Å². The van der Waals surface area contributed by atoms with E-state index in [9.17, 15) is 0 Å². The zero-order valence-electron chi connectivity index (χ0n) is 17.6. The summed E-state index contributed by atoms with van der Waals surface area (Å²) < 4.78 is 0. The van der Waals surface area contributed by atoms with Crippen molar-refractivity contribution in [2.45, 2.75) is 27.7 Å². The Kier molecular flexibility index (Phi) is 16.3. The number of hydrogen-bond acceptors (Lipinski definition) is 0. The quantitative estimate of drug-likeness (QED) is 0.187. The van der Waals surface area contributed by atoms with Gasteiger partial charge in [-0.05, 0) is 13.8 Å². The number of hydrogen-bond donors (Lipinski definition) is 0. The second kappa shape index (κ2) is 14.6. The SMILES string of the molecule is Cc1cc2c(C)cccc2[cH-]1.Cc1cc2c(C)cccc2[cH-]1.F.F.[CH3-].[CH3-].[Si]=[Zr]. The molecule has 152 valence electrons. The van der Waals surface area contributed by atoms with Gasteiger partial charge < -0.3 is 14.9 Å². The molecule has 0 saturated carbocycles. The van der Waals surface area contributed by atoms with Crippen LogP contribution in [0, 0.1) is 42.5 Å². The molecular weight excluding hydrogens is 446 g/mol. The first kappa shape index (κ1) is 31.3. The number of halogens is 2. The number of benzene rings is 2. The Morgan fingerprint density at radius 1 is 0.643 bits per heavy atom. The van der Waals surface area contributed by atoms with Crippen LogP contribution in [0.4, 0.5) is 9.41 Å². The molecule has 4 rings (SSSR count). The molecule has 0 aliphatic carbocycles. The zero-order chi connectivity index (χ0) is 17.7. The van der Waals surface area contributed by atoms with Gasteiger partial charge in [-0.25, -0.2) is 0 Å². The topological polar surface area (TPSA) is 0 Å². The first-order valence-electron chi connectivity index (χ1n) is 8.05. The van der Waals surface area contributed by atoms with Crippen molar-refractivity contribution in [3.05, 3.63) is 97.8 Å². The monoisotopic (exact) mass is 474 g/mol. The van der Waals surface area contributed by atoms with Crippen molar-refractivity contribution in [2.24, 2.45) is 0 Å². The van der Waals surface area contributed by atoms with Crippen molar-refractivity contribution in [1.29, 1.82) is 0 Å². The molecule has 0 amide bonds. The van der Waals surface area contributed by atoms with Crippen molar-refractivity contribution in [3.63, 3.8) is 0 Å². The van der Waals surface area contributed by atoms with E-state index in [1.54, 1.807) is 0 Å². The maximum atomic E-state index is 3.06. The van der Waals surface area contributed by atoms with Crippen molar-refractivity contribution < 1.29 is 32.7 Å². The molecule has 4 heteroatoms. The summed E-state index contributed by atoms with van der Waals surface area (Å²) in [5.74, 6) is 0. The van der Waals surface area contributed by atoms with E-state index >= 15 is 0 Å². The zero-order valence-corrected chi connectivity index (χ0v) is 21.0. The van der Waals surface area contributed by atoms with Crippen LogP contribution in [0.15, 0.2) is 60.7 Å². The van der Waals surface area contributed by atoms with E-state index in [0.717, 1.165) is 0 Å². The van der Waals surface area contributed by atoms with Crippen LogP contribution < -0.4 is 0 Å². The van der Waals surface area contributed by atoms with Crippen LogP contribution in [-0.2, 0) is 23.3 Å². The van der Waals surface area contributed by atoms with Gasteiger partial charge >= 0.3 is 30.2 Å². The van der Waals surface area contributed by atoms with Gasteiger partial charge in [0.15, 0.2) is 0 Å². The van der Waals surface area contributed by atoms with Crippen LogP contribution in [-0.4, -0.2) is 6.88 Å². The third-order valence-corrected chi connectivity index (χ3v) is 4.23. The van der Waals surface area contributed by atoms with Gasteiger partial charge in [0.05, 0.1) is 0 Å². The fraction of sp³-hybridized carbons (Fsp3) is 0.167. The summed E-state index contributed by atoms with van der Waals surface area (Å²) in [6, 6.07) is 21.8. The summed E-state index contributed by atoms with van der Waals surface area (Å²) in [4.78, 5) is 0. The number of rotatable bonds is 0. The van der Waals surface area contributed by atoms with Crippen LogP contribution in [0.1, 0.15) is 22.3 Å². The summed E-state index contributed by atoms with van der Waals surface area (Å²) in [6.45, 7) is 11.6. The number of aryl methyl sites for hydroxylation is 4. The van der Waals surface area contributed by atoms with Crippen molar-refractivity contribution >= 4 is 28.4 Å². The van der Waals surface area contributed by atoms with Crippen molar-refractivity contribution in [2.75, 3.05) is 0 Å². The predicted molar refractivity (Wildman–Crippen MR) is 122 cm³/mol. The Morgan fingerprint density at radius 2 is 0.964 bits per heavy atom. The van der Waals surface area contributed by atoms with E-state index < -0.39 is 0 Å². The molecule has 2 radical (unpaired) electrons. The molecule has 4 aromatic carbocycles. The van der Waals surface area contributed by atoms with Gasteiger partial charge in [-0.1, -0.05) is 37.1 Å². The van der Waals surface area contributed by atoms with E-state index in [1.807, 2.05) is 0 Å². The van der Waals surface area contributed by atoms with Gasteiger partial charge in [0.25, 0.3) is 0 Å². The van der Waals surface area contributed by atoms with E-state index in [-0.39, 0.29) is 24.3 Å². The third-order valence-electron chi connectivity index (χ3n) is 4.23. The summed E-state index contributed by atoms with van der Waals surface area (Å²) >= 11 is 1.36. The van der Waals surface area contributed by atoms with Crippen LogP contribution in [0.5, 0.6) is 0 Å². The Hall–Kier alpha value is -1.38. The van der Waals surface area contributed by atoms with E-state index in [1.165, 1.54) is 67.1 Å². The number of fused-ring (bicyclic) bond motifs is 2. The normalized spacial score (nSPS) is 8.54. The second-order valence-corrected chi connectivity index (χ2v) is 6.22. The maximum absolute atomic E-state index is 3.06. The van der Waals surface area contributed by atoms with Gasteiger partial charge in [-0.2, -0.15) is 12.1 Å². The van der Waals surface area contributed by atoms with Gasteiger partial charge in [-0.3, -0.25) is 9.41 Å². The molecule has 0 N–H and O–H groups in total. The van der Waals surface area contributed by atoms with Crippen molar-refractivity contribution in [3.8, 4) is 0 Å². The van der Waals surface area contributed by atoms with Crippen molar-refractivity contribution in [1.82, 2.24) is 0 Å². The average Bonchev–Trinajstić information content (AvgIpc) is 3.13. The summed E-state index contributed by atoms with van der Waals surface area (Å²) in [7, 11) is 0. The van der Waals surface area contributed by atoms with Gasteiger partial charge in [-0.15, -0.1) is 69.1 Å². The Morgan fingerprint density at radius 3 is 1.25 bits per heavy atom. The second-order valence-electron chi connectivity index (χ2n) is 6.22. The molecule has 0 fully saturated rings. The Labute approximate surface area is 186 Å². The van der Waals surface area contributed by atoms with Gasteiger partial charge in [0.2, 0.25) is 0 Å². The van der Waals surface area contributed by atoms with E-state index in [2.05, 4.69) is 95.2 Å². The van der Waals surface area contributed by atoms with Crippen LogP contribution in [0.2, 0.25) is 0 Å². The first-order chi connectivity index (χ1) is 11.5. The first-order valence-corrected chi connectivity index (χ1v) is 12.2. The molecule has 0 spiro atoms. The fourth-order valence-corrected chi connectivity index (χ4v) is 3.08.